The number of ether oxygens (including phenoxy) is 2. The van der Waals surface area contributed by atoms with Gasteiger partial charge in [0.05, 0.1) is 30.0 Å². The first-order valence-corrected chi connectivity index (χ1v) is 12.1. The van der Waals surface area contributed by atoms with Crippen molar-refractivity contribution in [2.45, 2.75) is 12.0 Å². The lowest BCUT2D eigenvalue weighted by molar-refractivity contribution is 0.395. The van der Waals surface area contributed by atoms with Crippen LogP contribution in [0.15, 0.2) is 41.4 Å². The summed E-state index contributed by atoms with van der Waals surface area (Å²) in [5, 5.41) is 8.97. The highest BCUT2D eigenvalue weighted by Crippen LogP contribution is 2.45. The molecule has 2 aromatic carbocycles. The maximum atomic E-state index is 6.66. The summed E-state index contributed by atoms with van der Waals surface area (Å²) in [6, 6.07) is 11.2. The van der Waals surface area contributed by atoms with Crippen molar-refractivity contribution in [3.8, 4) is 22.8 Å². The maximum Gasteiger partial charge on any atom is 0.166 e. The Morgan fingerprint density at radius 1 is 1.12 bits per heavy atom. The van der Waals surface area contributed by atoms with Gasteiger partial charge in [0, 0.05) is 35.3 Å². The van der Waals surface area contributed by atoms with E-state index < -0.39 is 0 Å². The standard InChI is InChI=1S/C23H23Cl2N5O2S/c1-31-16-9-17(32-2)20(25)18(19(16)24)15-8-13-11-28-23(33-3)30-21(13)22(29-15)27-10-12-5-4-6-14(26)7-12/h4-9,11,23,28H,10,26H2,1-3H3,(H,27,29). The van der Waals surface area contributed by atoms with E-state index in [1.165, 1.54) is 14.2 Å². The average molecular weight is 504 g/mol. The van der Waals surface area contributed by atoms with E-state index in [0.29, 0.717) is 50.9 Å². The molecule has 1 aliphatic rings. The van der Waals surface area contributed by atoms with Gasteiger partial charge in [-0.3, -0.25) is 0 Å². The zero-order valence-corrected chi connectivity index (χ0v) is 20.6. The summed E-state index contributed by atoms with van der Waals surface area (Å²) in [5.41, 5.74) is 8.62. The van der Waals surface area contributed by atoms with Crippen LogP contribution in [0.5, 0.6) is 11.5 Å². The van der Waals surface area contributed by atoms with Crippen LogP contribution in [-0.4, -0.2) is 31.0 Å². The Hall–Kier alpha value is -2.81. The van der Waals surface area contributed by atoms with E-state index in [1.54, 1.807) is 17.8 Å². The van der Waals surface area contributed by atoms with Crippen molar-refractivity contribution in [2.75, 3.05) is 31.5 Å². The third kappa shape index (κ3) is 4.78. The molecular formula is C23H23Cl2N5O2S. The minimum atomic E-state index is -0.109. The summed E-state index contributed by atoms with van der Waals surface area (Å²) in [6.45, 7) is 0.518. The molecular weight excluding hydrogens is 481 g/mol. The topological polar surface area (TPSA) is 93.8 Å². The Kier molecular flexibility index (Phi) is 7.07. The Morgan fingerprint density at radius 2 is 1.85 bits per heavy atom. The quantitative estimate of drug-likeness (QED) is 0.421. The first-order chi connectivity index (χ1) is 15.9. The van der Waals surface area contributed by atoms with Gasteiger partial charge >= 0.3 is 0 Å². The molecule has 1 aromatic heterocycles. The summed E-state index contributed by atoms with van der Waals surface area (Å²) >= 11 is 14.9. The molecule has 4 N–H and O–H groups in total. The van der Waals surface area contributed by atoms with Gasteiger partial charge in [-0.05, 0) is 30.0 Å². The zero-order valence-electron chi connectivity index (χ0n) is 18.3. The third-order valence-corrected chi connectivity index (χ3v) is 6.55. The number of aromatic nitrogens is 1. The van der Waals surface area contributed by atoms with Crippen molar-refractivity contribution in [1.82, 2.24) is 10.3 Å². The molecule has 7 nitrogen and oxygen atoms in total. The summed E-state index contributed by atoms with van der Waals surface area (Å²) < 4.78 is 10.9. The lowest BCUT2D eigenvalue weighted by atomic mass is 10.1. The smallest absolute Gasteiger partial charge is 0.166 e. The van der Waals surface area contributed by atoms with E-state index in [-0.39, 0.29) is 5.50 Å². The largest absolute Gasteiger partial charge is 0.495 e. The number of pyridine rings is 1. The molecule has 1 atom stereocenters. The van der Waals surface area contributed by atoms with Crippen LogP contribution in [0.3, 0.4) is 0 Å². The normalized spacial score (nSPS) is 14.4. The number of nitrogens with two attached hydrogens (primary N) is 1. The average Bonchev–Trinajstić information content (AvgIpc) is 2.82. The molecule has 1 aliphatic heterocycles. The van der Waals surface area contributed by atoms with E-state index in [2.05, 4.69) is 10.6 Å². The summed E-state index contributed by atoms with van der Waals surface area (Å²) in [4.78, 5) is 9.66. The number of halogens is 2. The van der Waals surface area contributed by atoms with Gasteiger partial charge in [0.1, 0.15) is 16.9 Å². The van der Waals surface area contributed by atoms with E-state index in [4.69, 9.17) is 48.4 Å². The van der Waals surface area contributed by atoms with Crippen molar-refractivity contribution in [3.05, 3.63) is 62.6 Å². The first-order valence-electron chi connectivity index (χ1n) is 10.0. The molecule has 0 saturated heterocycles. The van der Waals surface area contributed by atoms with Crippen molar-refractivity contribution in [1.29, 1.82) is 0 Å². The van der Waals surface area contributed by atoms with Crippen LogP contribution < -0.4 is 36.4 Å². The van der Waals surface area contributed by atoms with Crippen LogP contribution >= 0.6 is 35.0 Å². The molecule has 0 radical (unpaired) electrons. The lowest BCUT2D eigenvalue weighted by Gasteiger charge is -2.18. The molecule has 0 bridgehead atoms. The fraction of sp³-hybridized carbons (Fsp3) is 0.217. The molecule has 0 amide bonds. The van der Waals surface area contributed by atoms with Gasteiger partial charge in [-0.25, -0.2) is 9.98 Å². The van der Waals surface area contributed by atoms with E-state index in [0.717, 1.165) is 16.1 Å². The summed E-state index contributed by atoms with van der Waals surface area (Å²) in [5.74, 6) is 1.49. The third-order valence-electron chi connectivity index (χ3n) is 5.11. The van der Waals surface area contributed by atoms with Crippen LogP contribution in [0, 0.1) is 0 Å². The van der Waals surface area contributed by atoms with Crippen molar-refractivity contribution in [3.63, 3.8) is 0 Å². The molecule has 4 rings (SSSR count). The molecule has 3 aromatic rings. The Morgan fingerprint density at radius 3 is 2.48 bits per heavy atom. The van der Waals surface area contributed by atoms with E-state index >= 15 is 0 Å². The number of hydrogen-bond acceptors (Lipinski definition) is 8. The second-order valence-electron chi connectivity index (χ2n) is 7.20. The van der Waals surface area contributed by atoms with Crippen LogP contribution in [-0.2, 0) is 6.54 Å². The monoisotopic (exact) mass is 503 g/mol. The molecule has 0 fully saturated rings. The number of nitrogens with zero attached hydrogens (tertiary/aromatic N) is 2. The molecule has 33 heavy (non-hydrogen) atoms. The maximum absolute atomic E-state index is 6.66. The number of methoxy groups -OCH3 is 2. The first kappa shape index (κ1) is 23.4. The van der Waals surface area contributed by atoms with Crippen molar-refractivity contribution < 1.29 is 9.47 Å². The number of anilines is 2. The van der Waals surface area contributed by atoms with E-state index in [1.807, 2.05) is 42.8 Å². The highest BCUT2D eigenvalue weighted by atomic mass is 35.5. The number of thioether (sulfide) groups is 1. The van der Waals surface area contributed by atoms with Crippen LogP contribution in [0.25, 0.3) is 17.5 Å². The second-order valence-corrected chi connectivity index (χ2v) is 8.88. The molecule has 172 valence electrons. The van der Waals surface area contributed by atoms with Gasteiger partial charge in [-0.15, -0.1) is 11.8 Å². The number of fused-ring (bicyclic) bond motifs is 1. The van der Waals surface area contributed by atoms with Crippen LogP contribution in [0.4, 0.5) is 11.5 Å². The number of nitrogens with one attached hydrogen (secondary N) is 2. The number of benzene rings is 2. The predicted molar refractivity (Wildman–Crippen MR) is 137 cm³/mol. The van der Waals surface area contributed by atoms with Gasteiger partial charge in [-0.2, -0.15) is 0 Å². The summed E-state index contributed by atoms with van der Waals surface area (Å²) in [6.07, 6.45) is 3.91. The van der Waals surface area contributed by atoms with Gasteiger partial charge in [-0.1, -0.05) is 35.3 Å². The molecule has 0 saturated carbocycles. The highest BCUT2D eigenvalue weighted by Gasteiger charge is 2.21. The number of nitrogen functional groups attached to an aromatic ring is 1. The Bertz CT molecular complexity index is 1290. The molecule has 2 heterocycles. The predicted octanol–water partition coefficient (Wildman–Crippen LogP) is 3.87. The second kappa shape index (κ2) is 9.99. The minimum Gasteiger partial charge on any atom is -0.495 e. The Balaban J connectivity index is 1.88. The van der Waals surface area contributed by atoms with E-state index in [9.17, 15) is 0 Å². The minimum absolute atomic E-state index is 0.109. The van der Waals surface area contributed by atoms with Crippen LogP contribution in [0.1, 0.15) is 5.56 Å². The van der Waals surface area contributed by atoms with Crippen molar-refractivity contribution in [2.24, 2.45) is 4.99 Å². The SMILES string of the molecule is COc1cc(OC)c(Cl)c(-c2cc3c(c(NCc4cccc(N)c4)n2)=NC(SC)NC=3)c1Cl. The number of hydrogen-bond donors (Lipinski definition) is 3. The summed E-state index contributed by atoms with van der Waals surface area (Å²) in [7, 11) is 3.08. The number of rotatable bonds is 7. The fourth-order valence-corrected chi connectivity index (χ4v) is 4.60. The van der Waals surface area contributed by atoms with Crippen LogP contribution in [0.2, 0.25) is 10.0 Å². The lowest BCUT2D eigenvalue weighted by Crippen LogP contribution is -2.40. The van der Waals surface area contributed by atoms with Gasteiger partial charge in [0.25, 0.3) is 0 Å². The zero-order chi connectivity index (χ0) is 23.5. The van der Waals surface area contributed by atoms with Gasteiger partial charge in [0.2, 0.25) is 0 Å². The Labute approximate surface area is 206 Å². The molecule has 1 unspecified atom stereocenters. The molecule has 10 heteroatoms. The molecule has 0 aliphatic carbocycles. The molecule has 0 spiro atoms. The highest BCUT2D eigenvalue weighted by molar-refractivity contribution is 7.99. The van der Waals surface area contributed by atoms with Crippen molar-refractivity contribution >= 4 is 52.7 Å². The van der Waals surface area contributed by atoms with Gasteiger partial charge < -0.3 is 25.8 Å². The fourth-order valence-electron chi connectivity index (χ4n) is 3.49. The van der Waals surface area contributed by atoms with Gasteiger partial charge in [0.15, 0.2) is 11.3 Å².